The predicted molar refractivity (Wildman–Crippen MR) is 43.4 cm³/mol. The highest BCUT2D eigenvalue weighted by Crippen LogP contribution is 2.23. The average molecular weight is 163 g/mol. The van der Waals surface area contributed by atoms with Gasteiger partial charge in [0.05, 0.1) is 0 Å². The minimum absolute atomic E-state index is 0.337. The molecule has 0 unspecified atom stereocenters. The van der Waals surface area contributed by atoms with Gasteiger partial charge in [-0.3, -0.25) is 4.98 Å². The highest BCUT2D eigenvalue weighted by atomic mass is 19.1. The Morgan fingerprint density at radius 2 is 2.08 bits per heavy atom. The van der Waals surface area contributed by atoms with E-state index in [-0.39, 0.29) is 5.75 Å². The number of hydrogen-bond donors (Lipinski definition) is 1. The molecule has 3 heteroatoms. The molecule has 0 aliphatic rings. The Hall–Kier alpha value is -1.64. The number of aromatic nitrogens is 1. The Morgan fingerprint density at radius 3 is 2.92 bits per heavy atom. The van der Waals surface area contributed by atoms with Gasteiger partial charge >= 0.3 is 0 Å². The molecule has 0 amide bonds. The third-order valence-corrected chi connectivity index (χ3v) is 1.74. The van der Waals surface area contributed by atoms with Gasteiger partial charge < -0.3 is 5.11 Å². The van der Waals surface area contributed by atoms with Crippen molar-refractivity contribution in [2.75, 3.05) is 0 Å². The van der Waals surface area contributed by atoms with Crippen LogP contribution in [0.25, 0.3) is 10.8 Å². The van der Waals surface area contributed by atoms with Crippen LogP contribution in [0.3, 0.4) is 0 Å². The van der Waals surface area contributed by atoms with Crippen LogP contribution >= 0.6 is 0 Å². The molecule has 2 rings (SSSR count). The molecule has 1 N–H and O–H groups in total. The van der Waals surface area contributed by atoms with Gasteiger partial charge in [-0.25, -0.2) is 4.39 Å². The van der Waals surface area contributed by atoms with Gasteiger partial charge in [-0.1, -0.05) is 6.07 Å². The van der Waals surface area contributed by atoms with Gasteiger partial charge in [0.15, 0.2) is 11.6 Å². The monoisotopic (exact) mass is 163 g/mol. The van der Waals surface area contributed by atoms with E-state index >= 15 is 0 Å². The minimum atomic E-state index is -0.611. The number of halogens is 1. The van der Waals surface area contributed by atoms with E-state index in [2.05, 4.69) is 4.98 Å². The van der Waals surface area contributed by atoms with Crippen molar-refractivity contribution in [3.8, 4) is 5.75 Å². The van der Waals surface area contributed by atoms with E-state index in [1.54, 1.807) is 18.3 Å². The molecule has 0 aliphatic heterocycles. The molecule has 0 saturated carbocycles. The van der Waals surface area contributed by atoms with Crippen LogP contribution in [0, 0.1) is 5.82 Å². The second kappa shape index (κ2) is 2.44. The van der Waals surface area contributed by atoms with E-state index in [1.807, 2.05) is 0 Å². The van der Waals surface area contributed by atoms with Crippen molar-refractivity contribution in [3.63, 3.8) is 0 Å². The van der Waals surface area contributed by atoms with Crippen molar-refractivity contribution in [1.82, 2.24) is 4.98 Å². The summed E-state index contributed by atoms with van der Waals surface area (Å²) in [5.74, 6) is -0.948. The number of phenolic OH excluding ortho intramolecular Hbond substituents is 1. The highest BCUT2D eigenvalue weighted by Gasteiger charge is 2.04. The Labute approximate surface area is 68.3 Å². The fourth-order valence-corrected chi connectivity index (χ4v) is 1.11. The van der Waals surface area contributed by atoms with E-state index < -0.39 is 5.82 Å². The van der Waals surface area contributed by atoms with Gasteiger partial charge in [-0.05, 0) is 17.5 Å². The van der Waals surface area contributed by atoms with Crippen LogP contribution in [0.5, 0.6) is 5.75 Å². The van der Waals surface area contributed by atoms with Gasteiger partial charge in [0, 0.05) is 17.8 Å². The molecule has 0 radical (unpaired) electrons. The van der Waals surface area contributed by atoms with Crippen molar-refractivity contribution in [3.05, 3.63) is 36.4 Å². The molecule has 2 nitrogen and oxygen atoms in total. The number of hydrogen-bond acceptors (Lipinski definition) is 2. The smallest absolute Gasteiger partial charge is 0.174 e. The van der Waals surface area contributed by atoms with Crippen molar-refractivity contribution < 1.29 is 9.50 Å². The second-order valence-electron chi connectivity index (χ2n) is 2.50. The Morgan fingerprint density at radius 1 is 1.25 bits per heavy atom. The lowest BCUT2D eigenvalue weighted by atomic mass is 10.1. The quantitative estimate of drug-likeness (QED) is 0.645. The summed E-state index contributed by atoms with van der Waals surface area (Å²) in [4.78, 5) is 3.76. The van der Waals surface area contributed by atoms with Crippen molar-refractivity contribution >= 4 is 10.8 Å². The molecule has 1 aromatic carbocycles. The fourth-order valence-electron chi connectivity index (χ4n) is 1.11. The van der Waals surface area contributed by atoms with Gasteiger partial charge in [-0.15, -0.1) is 0 Å². The first kappa shape index (κ1) is 7.03. The molecule has 0 atom stereocenters. The van der Waals surface area contributed by atoms with Gasteiger partial charge in [0.1, 0.15) is 0 Å². The van der Waals surface area contributed by atoms with E-state index in [0.29, 0.717) is 5.39 Å². The number of pyridine rings is 1. The lowest BCUT2D eigenvalue weighted by Crippen LogP contribution is -1.81. The van der Waals surface area contributed by atoms with Crippen molar-refractivity contribution in [2.24, 2.45) is 0 Å². The van der Waals surface area contributed by atoms with E-state index in [1.165, 1.54) is 12.3 Å². The first-order valence-corrected chi connectivity index (χ1v) is 3.50. The molecule has 0 spiro atoms. The van der Waals surface area contributed by atoms with Crippen LogP contribution in [0.4, 0.5) is 4.39 Å². The van der Waals surface area contributed by atoms with Crippen molar-refractivity contribution in [2.45, 2.75) is 0 Å². The Kier molecular flexibility index (Phi) is 1.43. The van der Waals surface area contributed by atoms with E-state index in [0.717, 1.165) is 5.39 Å². The van der Waals surface area contributed by atoms with Gasteiger partial charge in [-0.2, -0.15) is 0 Å². The van der Waals surface area contributed by atoms with Crippen LogP contribution in [-0.2, 0) is 0 Å². The summed E-state index contributed by atoms with van der Waals surface area (Å²) in [5, 5.41) is 10.1. The number of benzene rings is 1. The zero-order valence-electron chi connectivity index (χ0n) is 6.16. The largest absolute Gasteiger partial charge is 0.505 e. The summed E-state index contributed by atoms with van der Waals surface area (Å²) >= 11 is 0. The lowest BCUT2D eigenvalue weighted by molar-refractivity contribution is 0.436. The number of fused-ring (bicyclic) bond motifs is 1. The third-order valence-electron chi connectivity index (χ3n) is 1.74. The van der Waals surface area contributed by atoms with E-state index in [4.69, 9.17) is 5.11 Å². The molecule has 0 aliphatic carbocycles. The van der Waals surface area contributed by atoms with Gasteiger partial charge in [0.25, 0.3) is 0 Å². The normalized spacial score (nSPS) is 10.4. The average Bonchev–Trinajstić information content (AvgIpc) is 2.12. The van der Waals surface area contributed by atoms with Crippen LogP contribution in [0.15, 0.2) is 30.6 Å². The van der Waals surface area contributed by atoms with Crippen molar-refractivity contribution in [1.29, 1.82) is 0 Å². The number of rotatable bonds is 0. The summed E-state index contributed by atoms with van der Waals surface area (Å²) in [6, 6.07) is 4.67. The van der Waals surface area contributed by atoms with Crippen LogP contribution in [-0.4, -0.2) is 10.1 Å². The minimum Gasteiger partial charge on any atom is -0.505 e. The molecule has 1 aromatic heterocycles. The maximum absolute atomic E-state index is 13.1. The molecule has 0 saturated heterocycles. The molecular weight excluding hydrogens is 157 g/mol. The summed E-state index contributed by atoms with van der Waals surface area (Å²) in [6.07, 6.45) is 2.98. The Balaban J connectivity index is 2.91. The zero-order chi connectivity index (χ0) is 8.55. The summed E-state index contributed by atoms with van der Waals surface area (Å²) in [7, 11) is 0. The summed E-state index contributed by atoms with van der Waals surface area (Å²) < 4.78 is 13.1. The predicted octanol–water partition coefficient (Wildman–Crippen LogP) is 2.08. The summed E-state index contributed by atoms with van der Waals surface area (Å²) in [5.41, 5.74) is 0. The number of nitrogens with zero attached hydrogens (tertiary/aromatic N) is 1. The molecule has 1 heterocycles. The SMILES string of the molecule is Oc1ccc2ccncc2c1F. The number of phenols is 1. The zero-order valence-corrected chi connectivity index (χ0v) is 6.16. The molecule has 0 fully saturated rings. The maximum Gasteiger partial charge on any atom is 0.174 e. The fraction of sp³-hybridized carbons (Fsp3) is 0. The topological polar surface area (TPSA) is 33.1 Å². The van der Waals surface area contributed by atoms with Crippen LogP contribution in [0.1, 0.15) is 0 Å². The van der Waals surface area contributed by atoms with Gasteiger partial charge in [0.2, 0.25) is 0 Å². The third kappa shape index (κ3) is 0.906. The van der Waals surface area contributed by atoms with Crippen LogP contribution in [0.2, 0.25) is 0 Å². The molecular formula is C9H6FNO. The first-order valence-electron chi connectivity index (χ1n) is 3.50. The molecule has 2 aromatic rings. The molecule has 0 bridgehead atoms. The molecule has 60 valence electrons. The second-order valence-corrected chi connectivity index (χ2v) is 2.50. The number of aromatic hydroxyl groups is 1. The van der Waals surface area contributed by atoms with E-state index in [9.17, 15) is 4.39 Å². The lowest BCUT2D eigenvalue weighted by Gasteiger charge is -1.99. The Bertz CT molecular complexity index is 428. The maximum atomic E-state index is 13.1. The summed E-state index contributed by atoms with van der Waals surface area (Å²) in [6.45, 7) is 0. The first-order chi connectivity index (χ1) is 5.79. The highest BCUT2D eigenvalue weighted by molar-refractivity contribution is 5.83. The standard InChI is InChI=1S/C9H6FNO/c10-9-7-5-11-4-3-6(7)1-2-8(9)12/h1-5,12H. The molecule has 12 heavy (non-hydrogen) atoms. The van der Waals surface area contributed by atoms with Crippen LogP contribution < -0.4 is 0 Å².